The fraction of sp³-hybridized carbons (Fsp3) is 0.625. The maximum Gasteiger partial charge on any atom is 0.163 e. The molecule has 0 spiro atoms. The van der Waals surface area contributed by atoms with Crippen molar-refractivity contribution >= 4 is 0 Å². The molecule has 11 heavy (non-hydrogen) atoms. The maximum atomic E-state index is 12.4. The lowest BCUT2D eigenvalue weighted by molar-refractivity contribution is 0.612. The number of aromatic nitrogens is 2. The highest BCUT2D eigenvalue weighted by Gasteiger charge is 1.99. The summed E-state index contributed by atoms with van der Waals surface area (Å²) < 4.78 is 14.0. The van der Waals surface area contributed by atoms with Gasteiger partial charge in [-0.15, -0.1) is 0 Å². The molecule has 0 aliphatic heterocycles. The van der Waals surface area contributed by atoms with Crippen molar-refractivity contribution in [3.05, 3.63) is 17.7 Å². The SMILES string of the molecule is CC.CCn1cc(F)c(C)n1. The van der Waals surface area contributed by atoms with Crippen molar-refractivity contribution in [1.82, 2.24) is 9.78 Å². The fourth-order valence-corrected chi connectivity index (χ4v) is 0.656. The second-order valence-electron chi connectivity index (χ2n) is 1.92. The lowest BCUT2D eigenvalue weighted by atomic mass is 10.5. The molecule has 2 nitrogen and oxygen atoms in total. The molecule has 0 saturated heterocycles. The molecule has 0 amide bonds. The zero-order valence-electron chi connectivity index (χ0n) is 7.56. The molecule has 64 valence electrons. The average Bonchev–Trinajstić information content (AvgIpc) is 2.36. The molecule has 0 radical (unpaired) electrons. The van der Waals surface area contributed by atoms with Crippen LogP contribution in [0.4, 0.5) is 4.39 Å². The van der Waals surface area contributed by atoms with Crippen LogP contribution in [-0.4, -0.2) is 9.78 Å². The van der Waals surface area contributed by atoms with Crippen LogP contribution in [0.2, 0.25) is 0 Å². The van der Waals surface area contributed by atoms with Crippen LogP contribution in [-0.2, 0) is 6.54 Å². The third-order valence-corrected chi connectivity index (χ3v) is 1.21. The Hall–Kier alpha value is -0.860. The fourth-order valence-electron chi connectivity index (χ4n) is 0.656. The normalized spacial score (nSPS) is 8.82. The molecule has 0 N–H and O–H groups in total. The lowest BCUT2D eigenvalue weighted by Crippen LogP contribution is -1.93. The molecular weight excluding hydrogens is 143 g/mol. The van der Waals surface area contributed by atoms with Crippen molar-refractivity contribution in [1.29, 1.82) is 0 Å². The Labute approximate surface area is 67.0 Å². The smallest absolute Gasteiger partial charge is 0.163 e. The van der Waals surface area contributed by atoms with Gasteiger partial charge in [-0.2, -0.15) is 5.10 Å². The molecule has 0 saturated carbocycles. The van der Waals surface area contributed by atoms with E-state index in [1.54, 1.807) is 11.6 Å². The summed E-state index contributed by atoms with van der Waals surface area (Å²) in [6, 6.07) is 0. The molecule has 0 unspecified atom stereocenters. The topological polar surface area (TPSA) is 17.8 Å². The van der Waals surface area contributed by atoms with Crippen LogP contribution in [0.1, 0.15) is 26.5 Å². The molecule has 0 bridgehead atoms. The molecule has 0 aliphatic rings. The highest BCUT2D eigenvalue weighted by Crippen LogP contribution is 2.00. The van der Waals surface area contributed by atoms with Gasteiger partial charge < -0.3 is 0 Å². The monoisotopic (exact) mass is 158 g/mol. The first-order valence-electron chi connectivity index (χ1n) is 3.93. The van der Waals surface area contributed by atoms with Crippen molar-refractivity contribution in [2.45, 2.75) is 34.2 Å². The van der Waals surface area contributed by atoms with Crippen molar-refractivity contribution in [2.75, 3.05) is 0 Å². The van der Waals surface area contributed by atoms with Crippen LogP contribution in [0.15, 0.2) is 6.20 Å². The average molecular weight is 158 g/mol. The number of rotatable bonds is 1. The summed E-state index contributed by atoms with van der Waals surface area (Å²) in [5.74, 6) is -0.225. The molecule has 1 aromatic heterocycles. The van der Waals surface area contributed by atoms with Crippen molar-refractivity contribution in [3.63, 3.8) is 0 Å². The quantitative estimate of drug-likeness (QED) is 0.613. The van der Waals surface area contributed by atoms with E-state index in [2.05, 4.69) is 5.10 Å². The van der Waals surface area contributed by atoms with E-state index in [9.17, 15) is 4.39 Å². The Balaban J connectivity index is 0.000000461. The Kier molecular flexibility index (Phi) is 4.50. The van der Waals surface area contributed by atoms with Gasteiger partial charge in [0.25, 0.3) is 0 Å². The third kappa shape index (κ3) is 2.70. The standard InChI is InChI=1S/C6H9FN2.C2H6/c1-3-9-4-6(7)5(2)8-9;1-2/h4H,3H2,1-2H3;1-2H3. The molecule has 1 rings (SSSR count). The van der Waals surface area contributed by atoms with Gasteiger partial charge in [-0.25, -0.2) is 4.39 Å². The maximum absolute atomic E-state index is 12.4. The summed E-state index contributed by atoms with van der Waals surface area (Å²) in [6.45, 7) is 8.30. The van der Waals surface area contributed by atoms with Gasteiger partial charge in [0.15, 0.2) is 5.82 Å². The van der Waals surface area contributed by atoms with Crippen molar-refractivity contribution in [3.8, 4) is 0 Å². The highest BCUT2D eigenvalue weighted by atomic mass is 19.1. The predicted octanol–water partition coefficient (Wildman–Crippen LogP) is 2.38. The molecule has 1 heterocycles. The summed E-state index contributed by atoms with van der Waals surface area (Å²) in [5, 5.41) is 3.87. The van der Waals surface area contributed by atoms with E-state index in [0.29, 0.717) is 5.69 Å². The summed E-state index contributed by atoms with van der Waals surface area (Å²) in [5.41, 5.74) is 0.469. The molecular formula is C8H15FN2. The number of hydrogen-bond acceptors (Lipinski definition) is 1. The van der Waals surface area contributed by atoms with Gasteiger partial charge in [0.05, 0.1) is 11.9 Å². The zero-order chi connectivity index (χ0) is 8.85. The summed E-state index contributed by atoms with van der Waals surface area (Å²) in [6.07, 6.45) is 1.40. The third-order valence-electron chi connectivity index (χ3n) is 1.21. The first-order valence-corrected chi connectivity index (χ1v) is 3.93. The predicted molar refractivity (Wildman–Crippen MR) is 43.9 cm³/mol. The van der Waals surface area contributed by atoms with Crippen LogP contribution in [0.3, 0.4) is 0 Å². The summed E-state index contributed by atoms with van der Waals surface area (Å²) in [7, 11) is 0. The number of nitrogens with zero attached hydrogens (tertiary/aromatic N) is 2. The van der Waals surface area contributed by atoms with Gasteiger partial charge in [-0.3, -0.25) is 4.68 Å². The Morgan fingerprint density at radius 1 is 1.55 bits per heavy atom. The minimum atomic E-state index is -0.225. The van der Waals surface area contributed by atoms with E-state index in [-0.39, 0.29) is 5.82 Å². The minimum Gasteiger partial charge on any atom is -0.270 e. The van der Waals surface area contributed by atoms with E-state index < -0.39 is 0 Å². The van der Waals surface area contributed by atoms with E-state index in [1.807, 2.05) is 20.8 Å². The molecule has 0 atom stereocenters. The van der Waals surface area contributed by atoms with Crippen LogP contribution >= 0.6 is 0 Å². The first kappa shape index (κ1) is 10.1. The van der Waals surface area contributed by atoms with E-state index in [4.69, 9.17) is 0 Å². The van der Waals surface area contributed by atoms with Gasteiger partial charge in [0.1, 0.15) is 0 Å². The van der Waals surface area contributed by atoms with Crippen molar-refractivity contribution < 1.29 is 4.39 Å². The van der Waals surface area contributed by atoms with Crippen LogP contribution in [0.25, 0.3) is 0 Å². The van der Waals surface area contributed by atoms with Gasteiger partial charge in [-0.05, 0) is 13.8 Å². The Bertz CT molecular complexity index is 186. The van der Waals surface area contributed by atoms with E-state index >= 15 is 0 Å². The van der Waals surface area contributed by atoms with Gasteiger partial charge in [0.2, 0.25) is 0 Å². The van der Waals surface area contributed by atoms with Crippen LogP contribution in [0, 0.1) is 12.7 Å². The minimum absolute atomic E-state index is 0.225. The van der Waals surface area contributed by atoms with Crippen LogP contribution < -0.4 is 0 Å². The molecule has 3 heteroatoms. The molecule has 0 aliphatic carbocycles. The largest absolute Gasteiger partial charge is 0.270 e. The number of hydrogen-bond donors (Lipinski definition) is 0. The number of aryl methyl sites for hydroxylation is 2. The van der Waals surface area contributed by atoms with E-state index in [0.717, 1.165) is 6.54 Å². The van der Waals surface area contributed by atoms with E-state index in [1.165, 1.54) is 6.20 Å². The summed E-state index contributed by atoms with van der Waals surface area (Å²) >= 11 is 0. The molecule has 1 aromatic rings. The lowest BCUT2D eigenvalue weighted by Gasteiger charge is -1.88. The molecule has 0 aromatic carbocycles. The molecule has 0 fully saturated rings. The highest BCUT2D eigenvalue weighted by molar-refractivity contribution is 4.99. The van der Waals surface area contributed by atoms with Crippen LogP contribution in [0.5, 0.6) is 0 Å². The second-order valence-corrected chi connectivity index (χ2v) is 1.92. The van der Waals surface area contributed by atoms with Gasteiger partial charge >= 0.3 is 0 Å². The van der Waals surface area contributed by atoms with Gasteiger partial charge in [-0.1, -0.05) is 13.8 Å². The Morgan fingerprint density at radius 3 is 2.27 bits per heavy atom. The number of halogens is 1. The first-order chi connectivity index (χ1) is 5.24. The second kappa shape index (κ2) is 4.88. The van der Waals surface area contributed by atoms with Gasteiger partial charge in [0, 0.05) is 6.54 Å². The summed E-state index contributed by atoms with van der Waals surface area (Å²) in [4.78, 5) is 0. The zero-order valence-corrected chi connectivity index (χ0v) is 7.56. The van der Waals surface area contributed by atoms with Crippen molar-refractivity contribution in [2.24, 2.45) is 0 Å². The Morgan fingerprint density at radius 2 is 2.09 bits per heavy atom.